The van der Waals surface area contributed by atoms with Gasteiger partial charge in [-0.25, -0.2) is 4.79 Å². The van der Waals surface area contributed by atoms with E-state index in [0.717, 1.165) is 5.75 Å². The van der Waals surface area contributed by atoms with Gasteiger partial charge in [-0.05, 0) is 72.0 Å². The zero-order valence-corrected chi connectivity index (χ0v) is 16.1. The highest BCUT2D eigenvalue weighted by Gasteiger charge is 2.15. The van der Waals surface area contributed by atoms with Crippen LogP contribution in [0.2, 0.25) is 0 Å². The molecule has 0 spiro atoms. The zero-order valence-electron chi connectivity index (χ0n) is 16.1. The third-order valence-corrected chi connectivity index (χ3v) is 5.24. The molecule has 4 aromatic rings. The molecule has 0 unspecified atom stereocenters. The maximum Gasteiger partial charge on any atom is 0.335 e. The smallest absolute Gasteiger partial charge is 0.335 e. The van der Waals surface area contributed by atoms with Gasteiger partial charge in [-0.2, -0.15) is 0 Å². The quantitative estimate of drug-likeness (QED) is 0.411. The highest BCUT2D eigenvalue weighted by atomic mass is 16.5. The van der Waals surface area contributed by atoms with Crippen molar-refractivity contribution in [3.63, 3.8) is 0 Å². The average molecular weight is 372 g/mol. The van der Waals surface area contributed by atoms with Gasteiger partial charge in [0, 0.05) is 11.5 Å². The van der Waals surface area contributed by atoms with E-state index in [1.165, 1.54) is 65.1 Å². The monoisotopic (exact) mass is 372 g/mol. The number of benzene rings is 3. The summed E-state index contributed by atoms with van der Waals surface area (Å²) in [4.78, 5) is 10.1. The number of rotatable bonds is 2. The third kappa shape index (κ3) is 3.65. The lowest BCUT2D eigenvalue weighted by Crippen LogP contribution is -2.03. The molecule has 142 valence electrons. The molecule has 0 radical (unpaired) electrons. The SMILES string of the molecule is CCOc1cc2c3c(ccc2c2ccccc12)CCCC3.O=c1cccco1. The van der Waals surface area contributed by atoms with E-state index in [9.17, 15) is 4.79 Å². The fourth-order valence-corrected chi connectivity index (χ4v) is 4.00. The molecule has 5 rings (SSSR count). The van der Waals surface area contributed by atoms with Crippen molar-refractivity contribution in [1.29, 1.82) is 0 Å². The molecular weight excluding hydrogens is 348 g/mol. The molecule has 3 nitrogen and oxygen atoms in total. The fourth-order valence-electron chi connectivity index (χ4n) is 4.00. The van der Waals surface area contributed by atoms with Crippen LogP contribution < -0.4 is 10.4 Å². The van der Waals surface area contributed by atoms with Gasteiger partial charge in [0.25, 0.3) is 0 Å². The Morgan fingerprint density at radius 1 is 0.857 bits per heavy atom. The predicted molar refractivity (Wildman–Crippen MR) is 114 cm³/mol. The Bertz CT molecular complexity index is 1140. The van der Waals surface area contributed by atoms with Crippen molar-refractivity contribution < 1.29 is 9.15 Å². The Balaban J connectivity index is 0.000000233. The van der Waals surface area contributed by atoms with Crippen LogP contribution in [-0.2, 0) is 12.8 Å². The molecule has 1 heterocycles. The van der Waals surface area contributed by atoms with Crippen molar-refractivity contribution in [2.45, 2.75) is 32.6 Å². The van der Waals surface area contributed by atoms with Gasteiger partial charge in [0.15, 0.2) is 0 Å². The summed E-state index contributed by atoms with van der Waals surface area (Å²) in [6.07, 6.45) is 6.41. The van der Waals surface area contributed by atoms with E-state index in [4.69, 9.17) is 4.74 Å². The predicted octanol–water partition coefficient (Wildman–Crippen LogP) is 5.91. The van der Waals surface area contributed by atoms with Gasteiger partial charge >= 0.3 is 5.63 Å². The summed E-state index contributed by atoms with van der Waals surface area (Å²) >= 11 is 0. The second kappa shape index (κ2) is 8.30. The van der Waals surface area contributed by atoms with E-state index in [1.807, 2.05) is 0 Å². The molecule has 0 aliphatic heterocycles. The van der Waals surface area contributed by atoms with Gasteiger partial charge in [-0.1, -0.05) is 42.5 Å². The minimum Gasteiger partial charge on any atom is -0.493 e. The van der Waals surface area contributed by atoms with Crippen molar-refractivity contribution >= 4 is 21.5 Å². The number of hydrogen-bond donors (Lipinski definition) is 0. The minimum absolute atomic E-state index is 0.303. The molecule has 1 aromatic heterocycles. The van der Waals surface area contributed by atoms with Gasteiger partial charge < -0.3 is 9.15 Å². The lowest BCUT2D eigenvalue weighted by Gasteiger charge is -2.20. The number of ether oxygens (including phenoxy) is 1. The van der Waals surface area contributed by atoms with Crippen LogP contribution >= 0.6 is 0 Å². The van der Waals surface area contributed by atoms with Crippen molar-refractivity contribution in [3.8, 4) is 5.75 Å². The van der Waals surface area contributed by atoms with Gasteiger partial charge in [-0.3, -0.25) is 0 Å². The van der Waals surface area contributed by atoms with E-state index in [1.54, 1.807) is 17.7 Å². The molecule has 0 bridgehead atoms. The van der Waals surface area contributed by atoms with Crippen LogP contribution in [0.15, 0.2) is 76.1 Å². The summed E-state index contributed by atoms with van der Waals surface area (Å²) in [6, 6.07) is 20.2. The minimum atomic E-state index is -0.303. The largest absolute Gasteiger partial charge is 0.493 e. The third-order valence-electron chi connectivity index (χ3n) is 5.24. The average Bonchev–Trinajstić information content (AvgIpc) is 2.75. The maximum atomic E-state index is 10.1. The molecule has 3 aromatic carbocycles. The van der Waals surface area contributed by atoms with Crippen molar-refractivity contribution in [2.24, 2.45) is 0 Å². The lowest BCUT2D eigenvalue weighted by atomic mass is 9.86. The normalized spacial score (nSPS) is 12.9. The molecule has 0 N–H and O–H groups in total. The Labute approximate surface area is 164 Å². The molecular formula is C25H24O3. The topological polar surface area (TPSA) is 39.4 Å². The number of fused-ring (bicyclic) bond motifs is 5. The van der Waals surface area contributed by atoms with Gasteiger partial charge in [0.2, 0.25) is 0 Å². The van der Waals surface area contributed by atoms with Crippen LogP contribution in [0, 0.1) is 0 Å². The summed E-state index contributed by atoms with van der Waals surface area (Å²) < 4.78 is 10.3. The Hall–Kier alpha value is -3.07. The second-order valence-corrected chi connectivity index (χ2v) is 6.98. The Kier molecular flexibility index (Phi) is 5.43. The molecule has 0 atom stereocenters. The summed E-state index contributed by atoms with van der Waals surface area (Å²) in [6.45, 7) is 2.77. The van der Waals surface area contributed by atoms with E-state index in [0.29, 0.717) is 6.61 Å². The number of aryl methyl sites for hydroxylation is 2. The Morgan fingerprint density at radius 3 is 2.32 bits per heavy atom. The van der Waals surface area contributed by atoms with Crippen LogP contribution in [0.1, 0.15) is 30.9 Å². The van der Waals surface area contributed by atoms with Crippen LogP contribution in [0.5, 0.6) is 5.75 Å². The molecule has 0 saturated carbocycles. The van der Waals surface area contributed by atoms with Crippen LogP contribution in [0.25, 0.3) is 21.5 Å². The fraction of sp³-hybridized carbons (Fsp3) is 0.240. The molecule has 0 fully saturated rings. The van der Waals surface area contributed by atoms with Crippen molar-refractivity contribution in [1.82, 2.24) is 0 Å². The highest BCUT2D eigenvalue weighted by Crippen LogP contribution is 2.38. The summed E-state index contributed by atoms with van der Waals surface area (Å²) in [7, 11) is 0. The van der Waals surface area contributed by atoms with Gasteiger partial charge in [0.05, 0.1) is 12.9 Å². The maximum absolute atomic E-state index is 10.1. The van der Waals surface area contributed by atoms with Gasteiger partial charge in [0.1, 0.15) is 5.75 Å². The summed E-state index contributed by atoms with van der Waals surface area (Å²) in [5, 5.41) is 5.30. The van der Waals surface area contributed by atoms with E-state index >= 15 is 0 Å². The van der Waals surface area contributed by atoms with Crippen LogP contribution in [0.4, 0.5) is 0 Å². The molecule has 0 saturated heterocycles. The van der Waals surface area contributed by atoms with Crippen LogP contribution in [0.3, 0.4) is 0 Å². The zero-order chi connectivity index (χ0) is 19.3. The first-order chi connectivity index (χ1) is 13.8. The van der Waals surface area contributed by atoms with Crippen molar-refractivity contribution in [2.75, 3.05) is 6.61 Å². The van der Waals surface area contributed by atoms with E-state index in [2.05, 4.69) is 53.8 Å². The Morgan fingerprint density at radius 2 is 1.61 bits per heavy atom. The first-order valence-corrected chi connectivity index (χ1v) is 9.91. The first kappa shape index (κ1) is 18.3. The standard InChI is InChI=1S/C20H20O.C5H4O2/c1-2-21-20-13-19-15-8-4-3-7-14(15)11-12-17(19)16-9-5-6-10-18(16)20;6-5-3-1-2-4-7-5/h5-6,9-13H,2-4,7-8H2,1H3;1-4H. The second-order valence-electron chi connectivity index (χ2n) is 6.98. The molecule has 1 aliphatic carbocycles. The number of hydrogen-bond acceptors (Lipinski definition) is 3. The lowest BCUT2D eigenvalue weighted by molar-refractivity contribution is 0.345. The summed E-state index contributed by atoms with van der Waals surface area (Å²) in [5.74, 6) is 1.03. The first-order valence-electron chi connectivity index (χ1n) is 9.91. The van der Waals surface area contributed by atoms with Crippen molar-refractivity contribution in [3.05, 3.63) is 88.5 Å². The molecule has 0 amide bonds. The van der Waals surface area contributed by atoms with Crippen LogP contribution in [-0.4, -0.2) is 6.61 Å². The van der Waals surface area contributed by atoms with E-state index in [-0.39, 0.29) is 5.63 Å². The highest BCUT2D eigenvalue weighted by molar-refractivity contribution is 6.11. The van der Waals surface area contributed by atoms with Gasteiger partial charge in [-0.15, -0.1) is 0 Å². The molecule has 28 heavy (non-hydrogen) atoms. The molecule has 1 aliphatic rings. The molecule has 3 heteroatoms. The summed E-state index contributed by atoms with van der Waals surface area (Å²) in [5.41, 5.74) is 2.78. The van der Waals surface area contributed by atoms with E-state index < -0.39 is 0 Å².